The summed E-state index contributed by atoms with van der Waals surface area (Å²) in [6, 6.07) is 0.00750. The Morgan fingerprint density at radius 1 is 1.25 bits per heavy atom. The number of aliphatic hydroxyl groups excluding tert-OH is 1. The number of hydrogen-bond acceptors (Lipinski definition) is 6. The number of rotatable bonds is 6. The second-order valence-electron chi connectivity index (χ2n) is 7.22. The summed E-state index contributed by atoms with van der Waals surface area (Å²) in [6.07, 6.45) is 6.03. The minimum atomic E-state index is -1.04. The SMILES string of the molecule is C=C(CCO)C(=O)O.CC1(C)CC(N=C=O)CC(C)(CN=C=O)C1. The van der Waals surface area contributed by atoms with Crippen molar-refractivity contribution < 1.29 is 24.6 Å². The van der Waals surface area contributed by atoms with E-state index in [-0.39, 0.29) is 35.5 Å². The van der Waals surface area contributed by atoms with Gasteiger partial charge in [-0.25, -0.2) is 24.4 Å². The van der Waals surface area contributed by atoms with Crippen molar-refractivity contribution in [1.82, 2.24) is 0 Å². The Morgan fingerprint density at radius 3 is 2.29 bits per heavy atom. The van der Waals surface area contributed by atoms with Gasteiger partial charge in [0.2, 0.25) is 12.2 Å². The standard InChI is InChI=1S/C12H18N2O2.C5H8O3/c1-11(2)4-10(14-9-16)5-12(3,6-11)7-13-8-15;1-4(2-3-6)5(7)8/h10H,4-7H2,1-3H3;6H,1-3H2,(H,7,8). The molecule has 0 bridgehead atoms. The molecule has 2 atom stereocenters. The number of aliphatic carboxylic acids is 1. The maximum Gasteiger partial charge on any atom is 0.331 e. The molecule has 7 nitrogen and oxygen atoms in total. The highest BCUT2D eigenvalue weighted by Gasteiger charge is 2.41. The average Bonchev–Trinajstić information content (AvgIpc) is 2.44. The predicted octanol–water partition coefficient (Wildman–Crippen LogP) is 2.25. The second-order valence-corrected chi connectivity index (χ2v) is 7.22. The Kier molecular flexibility index (Phi) is 9.08. The van der Waals surface area contributed by atoms with Crippen LogP contribution in [0.25, 0.3) is 0 Å². The van der Waals surface area contributed by atoms with Crippen LogP contribution in [0.2, 0.25) is 0 Å². The minimum Gasteiger partial charge on any atom is -0.478 e. The molecule has 0 amide bonds. The van der Waals surface area contributed by atoms with Gasteiger partial charge in [0.15, 0.2) is 0 Å². The van der Waals surface area contributed by atoms with Crippen LogP contribution in [0.4, 0.5) is 0 Å². The van der Waals surface area contributed by atoms with E-state index in [1.807, 2.05) is 0 Å². The smallest absolute Gasteiger partial charge is 0.331 e. The third-order valence-electron chi connectivity index (χ3n) is 3.90. The lowest BCUT2D eigenvalue weighted by Gasteiger charge is -2.44. The minimum absolute atomic E-state index is 0.00750. The van der Waals surface area contributed by atoms with Gasteiger partial charge in [0.25, 0.3) is 0 Å². The third-order valence-corrected chi connectivity index (χ3v) is 3.90. The number of carboxylic acids is 1. The maximum absolute atomic E-state index is 10.3. The van der Waals surface area contributed by atoms with E-state index >= 15 is 0 Å². The first kappa shape index (κ1) is 21.9. The van der Waals surface area contributed by atoms with Gasteiger partial charge in [0.05, 0.1) is 12.6 Å². The van der Waals surface area contributed by atoms with Crippen LogP contribution in [-0.2, 0) is 14.4 Å². The van der Waals surface area contributed by atoms with Gasteiger partial charge in [-0.1, -0.05) is 27.4 Å². The van der Waals surface area contributed by atoms with Crippen LogP contribution in [0.15, 0.2) is 22.1 Å². The molecule has 134 valence electrons. The summed E-state index contributed by atoms with van der Waals surface area (Å²) in [7, 11) is 0. The lowest BCUT2D eigenvalue weighted by molar-refractivity contribution is -0.132. The van der Waals surface area contributed by atoms with Gasteiger partial charge in [0.1, 0.15) is 0 Å². The Hall–Kier alpha value is -2.07. The van der Waals surface area contributed by atoms with Gasteiger partial charge in [-0.2, -0.15) is 0 Å². The molecule has 1 aliphatic carbocycles. The molecular formula is C17H26N2O5. The molecule has 1 rings (SSSR count). The molecule has 1 fully saturated rings. The number of carboxylic acid groups (broad SMARTS) is 1. The maximum atomic E-state index is 10.3. The van der Waals surface area contributed by atoms with Crippen LogP contribution in [0.3, 0.4) is 0 Å². The van der Waals surface area contributed by atoms with Crippen LogP contribution >= 0.6 is 0 Å². The highest BCUT2D eigenvalue weighted by Crippen LogP contribution is 2.47. The molecule has 0 saturated heterocycles. The molecule has 2 N–H and O–H groups in total. The average molecular weight is 338 g/mol. The molecule has 0 heterocycles. The van der Waals surface area contributed by atoms with Gasteiger partial charge in [-0.3, -0.25) is 0 Å². The Balaban J connectivity index is 0.000000561. The number of aliphatic imine (C=N–C) groups is 2. The van der Waals surface area contributed by atoms with Crippen LogP contribution < -0.4 is 0 Å². The summed E-state index contributed by atoms with van der Waals surface area (Å²) in [5.74, 6) is -1.04. The van der Waals surface area contributed by atoms with Crippen molar-refractivity contribution >= 4 is 18.1 Å². The Morgan fingerprint density at radius 2 is 1.88 bits per heavy atom. The monoisotopic (exact) mass is 338 g/mol. The molecule has 2 unspecified atom stereocenters. The quantitative estimate of drug-likeness (QED) is 0.438. The number of carbonyl (C=O) groups is 1. The molecular weight excluding hydrogens is 312 g/mol. The first-order chi connectivity index (χ1) is 11.1. The van der Waals surface area contributed by atoms with Crippen molar-refractivity contribution in [2.75, 3.05) is 13.2 Å². The fourth-order valence-electron chi connectivity index (χ4n) is 3.33. The van der Waals surface area contributed by atoms with Gasteiger partial charge in [-0.05, 0) is 30.1 Å². The summed E-state index contributed by atoms with van der Waals surface area (Å²) < 4.78 is 0. The number of carbonyl (C=O) groups excluding carboxylic acids is 2. The lowest BCUT2D eigenvalue weighted by Crippen LogP contribution is -2.39. The van der Waals surface area contributed by atoms with E-state index in [4.69, 9.17) is 10.2 Å². The highest BCUT2D eigenvalue weighted by molar-refractivity contribution is 5.85. The van der Waals surface area contributed by atoms with Crippen molar-refractivity contribution in [3.8, 4) is 0 Å². The largest absolute Gasteiger partial charge is 0.478 e. The van der Waals surface area contributed by atoms with Crippen molar-refractivity contribution in [2.45, 2.75) is 52.5 Å². The first-order valence-corrected chi connectivity index (χ1v) is 7.72. The second kappa shape index (κ2) is 9.93. The van der Waals surface area contributed by atoms with Crippen LogP contribution in [0.5, 0.6) is 0 Å². The Bertz CT molecular complexity index is 545. The fraction of sp³-hybridized carbons (Fsp3) is 0.706. The third kappa shape index (κ3) is 8.53. The number of hydrogen-bond donors (Lipinski definition) is 2. The number of isocyanates is 2. The number of aliphatic hydroxyl groups is 1. The Labute approximate surface area is 142 Å². The van der Waals surface area contributed by atoms with Crippen LogP contribution in [0, 0.1) is 10.8 Å². The normalized spacial score (nSPS) is 24.4. The molecule has 1 saturated carbocycles. The zero-order chi connectivity index (χ0) is 18.8. The molecule has 0 aromatic heterocycles. The van der Waals surface area contributed by atoms with Crippen LogP contribution in [0.1, 0.15) is 46.5 Å². The molecule has 24 heavy (non-hydrogen) atoms. The van der Waals surface area contributed by atoms with E-state index in [1.165, 1.54) is 0 Å². The summed E-state index contributed by atoms with van der Waals surface area (Å²) in [5, 5.41) is 16.3. The summed E-state index contributed by atoms with van der Waals surface area (Å²) >= 11 is 0. The van der Waals surface area contributed by atoms with Crippen molar-refractivity contribution in [1.29, 1.82) is 0 Å². The van der Waals surface area contributed by atoms with Gasteiger partial charge >= 0.3 is 5.97 Å². The van der Waals surface area contributed by atoms with E-state index in [0.717, 1.165) is 19.3 Å². The number of nitrogens with zero attached hydrogens (tertiary/aromatic N) is 2. The van der Waals surface area contributed by atoms with Gasteiger partial charge < -0.3 is 10.2 Å². The summed E-state index contributed by atoms with van der Waals surface area (Å²) in [4.78, 5) is 37.9. The van der Waals surface area contributed by atoms with E-state index in [9.17, 15) is 14.4 Å². The van der Waals surface area contributed by atoms with E-state index in [1.54, 1.807) is 12.2 Å². The van der Waals surface area contributed by atoms with Gasteiger partial charge in [-0.15, -0.1) is 0 Å². The summed E-state index contributed by atoms with van der Waals surface area (Å²) in [5.41, 5.74) is 0.105. The highest BCUT2D eigenvalue weighted by atomic mass is 16.4. The molecule has 1 aliphatic rings. The fourth-order valence-corrected chi connectivity index (χ4v) is 3.33. The zero-order valence-electron chi connectivity index (χ0n) is 14.5. The van der Waals surface area contributed by atoms with E-state index in [0.29, 0.717) is 6.54 Å². The zero-order valence-corrected chi connectivity index (χ0v) is 14.5. The molecule has 7 heteroatoms. The van der Waals surface area contributed by atoms with Crippen LogP contribution in [-0.4, -0.2) is 47.5 Å². The van der Waals surface area contributed by atoms with Gasteiger partial charge in [0, 0.05) is 18.6 Å². The molecule has 0 radical (unpaired) electrons. The van der Waals surface area contributed by atoms with Crippen molar-refractivity contribution in [2.24, 2.45) is 20.8 Å². The molecule has 0 spiro atoms. The molecule has 0 aromatic carbocycles. The topological polar surface area (TPSA) is 116 Å². The van der Waals surface area contributed by atoms with Crippen molar-refractivity contribution in [3.63, 3.8) is 0 Å². The summed E-state index contributed by atoms with van der Waals surface area (Å²) in [6.45, 7) is 9.90. The molecule has 0 aliphatic heterocycles. The lowest BCUT2D eigenvalue weighted by atomic mass is 9.63. The van der Waals surface area contributed by atoms with E-state index in [2.05, 4.69) is 37.3 Å². The first-order valence-electron chi connectivity index (χ1n) is 7.72. The molecule has 0 aromatic rings. The van der Waals surface area contributed by atoms with E-state index < -0.39 is 5.97 Å². The van der Waals surface area contributed by atoms with Crippen molar-refractivity contribution in [3.05, 3.63) is 12.2 Å². The predicted molar refractivity (Wildman–Crippen MR) is 89.1 cm³/mol.